The van der Waals surface area contributed by atoms with Crippen molar-refractivity contribution in [3.63, 3.8) is 0 Å². The van der Waals surface area contributed by atoms with Gasteiger partial charge in [-0.3, -0.25) is 4.98 Å². The topological polar surface area (TPSA) is 71.5 Å². The molecule has 0 aliphatic rings. The molecule has 0 saturated carbocycles. The van der Waals surface area contributed by atoms with E-state index in [4.69, 9.17) is 4.74 Å². The molecule has 1 aromatic heterocycles. The number of thioether (sulfide) groups is 1. The van der Waals surface area contributed by atoms with E-state index in [2.05, 4.69) is 10.3 Å². The molecule has 1 rings (SSSR count). The van der Waals surface area contributed by atoms with Gasteiger partial charge >= 0.3 is 6.09 Å². The molecule has 118 valence electrons. The fourth-order valence-electron chi connectivity index (χ4n) is 1.46. The summed E-state index contributed by atoms with van der Waals surface area (Å²) >= 11 is 1.52. The zero-order valence-electron chi connectivity index (χ0n) is 12.9. The molecule has 0 aliphatic heterocycles. The largest absolute Gasteiger partial charge is 0.450 e. The molecule has 1 aromatic rings. The smallest absolute Gasteiger partial charge is 0.407 e. The van der Waals surface area contributed by atoms with E-state index in [1.165, 1.54) is 11.8 Å². The number of hydrogen-bond acceptors (Lipinski definition) is 5. The minimum Gasteiger partial charge on any atom is -0.450 e. The van der Waals surface area contributed by atoms with Crippen LogP contribution in [-0.4, -0.2) is 34.1 Å². The molecule has 0 bridgehead atoms. The van der Waals surface area contributed by atoms with Crippen molar-refractivity contribution < 1.29 is 14.6 Å². The zero-order chi connectivity index (χ0) is 15.7. The van der Waals surface area contributed by atoms with E-state index >= 15 is 0 Å². The number of hydrogen-bond donors (Lipinski definition) is 2. The van der Waals surface area contributed by atoms with Crippen LogP contribution in [0.4, 0.5) is 4.79 Å². The number of carbonyl (C=O) groups excluding carboxylic acids is 1. The molecule has 6 heteroatoms. The SMILES string of the molecule is CCCCOC(=O)NCc1ncccc1SCC(C)(C)O. The minimum atomic E-state index is -0.746. The summed E-state index contributed by atoms with van der Waals surface area (Å²) in [6.45, 7) is 6.32. The summed E-state index contributed by atoms with van der Waals surface area (Å²) in [5, 5.41) is 12.5. The molecule has 21 heavy (non-hydrogen) atoms. The third-order valence-electron chi connectivity index (χ3n) is 2.56. The van der Waals surface area contributed by atoms with Gasteiger partial charge in [-0.1, -0.05) is 13.3 Å². The fourth-order valence-corrected chi connectivity index (χ4v) is 2.43. The highest BCUT2D eigenvalue weighted by Crippen LogP contribution is 2.24. The molecule has 0 radical (unpaired) electrons. The van der Waals surface area contributed by atoms with Gasteiger partial charge < -0.3 is 15.2 Å². The van der Waals surface area contributed by atoms with Crippen molar-refractivity contribution >= 4 is 17.9 Å². The van der Waals surface area contributed by atoms with Crippen LogP contribution in [0, 0.1) is 0 Å². The summed E-state index contributed by atoms with van der Waals surface area (Å²) in [6, 6.07) is 3.78. The first-order valence-electron chi connectivity index (χ1n) is 7.12. The van der Waals surface area contributed by atoms with Gasteiger partial charge in [-0.05, 0) is 32.4 Å². The average molecular weight is 312 g/mol. The number of nitrogens with one attached hydrogen (secondary N) is 1. The number of unbranched alkanes of at least 4 members (excludes halogenated alkanes) is 1. The van der Waals surface area contributed by atoms with Crippen molar-refractivity contribution in [1.82, 2.24) is 10.3 Å². The summed E-state index contributed by atoms with van der Waals surface area (Å²) in [7, 11) is 0. The number of carbonyl (C=O) groups is 1. The lowest BCUT2D eigenvalue weighted by Gasteiger charge is -2.17. The van der Waals surface area contributed by atoms with Crippen LogP contribution in [0.2, 0.25) is 0 Å². The van der Waals surface area contributed by atoms with Gasteiger partial charge in [-0.25, -0.2) is 4.79 Å². The van der Waals surface area contributed by atoms with E-state index in [0.29, 0.717) is 18.9 Å². The maximum absolute atomic E-state index is 11.5. The highest BCUT2D eigenvalue weighted by molar-refractivity contribution is 7.99. The molecule has 0 spiro atoms. The van der Waals surface area contributed by atoms with Crippen molar-refractivity contribution in [2.45, 2.75) is 50.7 Å². The average Bonchev–Trinajstić information content (AvgIpc) is 2.43. The summed E-state index contributed by atoms with van der Waals surface area (Å²) in [5.74, 6) is 0.562. The van der Waals surface area contributed by atoms with E-state index in [0.717, 1.165) is 23.4 Å². The number of ether oxygens (including phenoxy) is 1. The second kappa shape index (κ2) is 8.89. The van der Waals surface area contributed by atoms with E-state index < -0.39 is 11.7 Å². The molecule has 0 atom stereocenters. The van der Waals surface area contributed by atoms with Gasteiger partial charge in [0.1, 0.15) is 0 Å². The van der Waals surface area contributed by atoms with Crippen molar-refractivity contribution in [3.05, 3.63) is 24.0 Å². The van der Waals surface area contributed by atoms with Crippen molar-refractivity contribution in [1.29, 1.82) is 0 Å². The van der Waals surface area contributed by atoms with Crippen LogP contribution >= 0.6 is 11.8 Å². The Bertz CT molecular complexity index is 447. The Hall–Kier alpha value is -1.27. The summed E-state index contributed by atoms with van der Waals surface area (Å²) < 4.78 is 5.03. The minimum absolute atomic E-state index is 0.319. The highest BCUT2D eigenvalue weighted by Gasteiger charge is 2.15. The van der Waals surface area contributed by atoms with Gasteiger partial charge in [-0.15, -0.1) is 11.8 Å². The van der Waals surface area contributed by atoms with Crippen LogP contribution in [0.1, 0.15) is 39.3 Å². The zero-order valence-corrected chi connectivity index (χ0v) is 13.7. The number of rotatable bonds is 8. The molecular weight excluding hydrogens is 288 g/mol. The second-order valence-corrected chi connectivity index (χ2v) is 6.41. The Labute approximate surface area is 130 Å². The molecule has 1 heterocycles. The summed E-state index contributed by atoms with van der Waals surface area (Å²) in [5.41, 5.74) is 0.0313. The number of aliphatic hydroxyl groups is 1. The number of amides is 1. The van der Waals surface area contributed by atoms with Gasteiger partial charge in [-0.2, -0.15) is 0 Å². The number of aromatic nitrogens is 1. The Kier molecular flexibility index (Phi) is 7.53. The number of pyridine rings is 1. The molecule has 1 amide bonds. The standard InChI is InChI=1S/C15H24N2O3S/c1-4-5-9-20-14(18)17-10-12-13(7-6-8-16-12)21-11-15(2,3)19/h6-8,19H,4-5,9-11H2,1-3H3,(H,17,18). The third-order valence-corrected chi connectivity index (χ3v) is 4.09. The van der Waals surface area contributed by atoms with E-state index in [9.17, 15) is 9.90 Å². The van der Waals surface area contributed by atoms with Gasteiger partial charge in [0.25, 0.3) is 0 Å². The van der Waals surface area contributed by atoms with Crippen LogP contribution in [0.25, 0.3) is 0 Å². The van der Waals surface area contributed by atoms with E-state index in [-0.39, 0.29) is 0 Å². The maximum Gasteiger partial charge on any atom is 0.407 e. The van der Waals surface area contributed by atoms with Crippen molar-refractivity contribution in [3.8, 4) is 0 Å². The first-order chi connectivity index (χ1) is 9.92. The predicted molar refractivity (Wildman–Crippen MR) is 84.4 cm³/mol. The lowest BCUT2D eigenvalue weighted by atomic mass is 10.2. The molecule has 5 nitrogen and oxygen atoms in total. The van der Waals surface area contributed by atoms with Gasteiger partial charge in [0, 0.05) is 16.8 Å². The molecule has 2 N–H and O–H groups in total. The summed E-state index contributed by atoms with van der Waals surface area (Å²) in [4.78, 5) is 16.7. The number of nitrogens with zero attached hydrogens (tertiary/aromatic N) is 1. The lowest BCUT2D eigenvalue weighted by molar-refractivity contribution is 0.107. The van der Waals surface area contributed by atoms with Gasteiger partial charge in [0.15, 0.2) is 0 Å². The predicted octanol–water partition coefficient (Wildman–Crippen LogP) is 2.97. The van der Waals surface area contributed by atoms with Crippen molar-refractivity contribution in [2.24, 2.45) is 0 Å². The highest BCUT2D eigenvalue weighted by atomic mass is 32.2. The summed E-state index contributed by atoms with van der Waals surface area (Å²) in [6.07, 6.45) is 3.12. The normalized spacial score (nSPS) is 11.2. The molecule has 0 unspecified atom stereocenters. The van der Waals surface area contributed by atoms with Gasteiger partial charge in [0.05, 0.1) is 24.4 Å². The first kappa shape index (κ1) is 17.8. The molecule has 0 saturated heterocycles. The van der Waals surface area contributed by atoms with Crippen LogP contribution in [0.15, 0.2) is 23.2 Å². The quantitative estimate of drug-likeness (QED) is 0.570. The molecule has 0 aromatic carbocycles. The monoisotopic (exact) mass is 312 g/mol. The lowest BCUT2D eigenvalue weighted by Crippen LogP contribution is -2.25. The van der Waals surface area contributed by atoms with Crippen LogP contribution < -0.4 is 5.32 Å². The van der Waals surface area contributed by atoms with Gasteiger partial charge in [0.2, 0.25) is 0 Å². The molecule has 0 fully saturated rings. The molecule has 0 aliphatic carbocycles. The van der Waals surface area contributed by atoms with Crippen molar-refractivity contribution in [2.75, 3.05) is 12.4 Å². The van der Waals surface area contributed by atoms with Crippen LogP contribution in [0.3, 0.4) is 0 Å². The second-order valence-electron chi connectivity index (χ2n) is 5.39. The Morgan fingerprint density at radius 1 is 1.52 bits per heavy atom. The Morgan fingerprint density at radius 2 is 2.29 bits per heavy atom. The molecular formula is C15H24N2O3S. The first-order valence-corrected chi connectivity index (χ1v) is 8.10. The third kappa shape index (κ3) is 7.92. The van der Waals surface area contributed by atoms with Crippen LogP contribution in [0.5, 0.6) is 0 Å². The number of alkyl carbamates (subject to hydrolysis) is 1. The van der Waals surface area contributed by atoms with E-state index in [1.54, 1.807) is 20.0 Å². The maximum atomic E-state index is 11.5. The Balaban J connectivity index is 2.49. The van der Waals surface area contributed by atoms with Crippen LogP contribution in [-0.2, 0) is 11.3 Å². The van der Waals surface area contributed by atoms with E-state index in [1.807, 2.05) is 19.1 Å². The fraction of sp³-hybridized carbons (Fsp3) is 0.600. The Morgan fingerprint density at radius 3 is 2.95 bits per heavy atom.